The Bertz CT molecular complexity index is 1720. The molecule has 7 rings (SSSR count). The summed E-state index contributed by atoms with van der Waals surface area (Å²) in [5, 5.41) is 22.0. The van der Waals surface area contributed by atoms with E-state index in [1.165, 1.54) is 24.4 Å². The van der Waals surface area contributed by atoms with Gasteiger partial charge in [0.25, 0.3) is 0 Å². The number of alkyl halides is 1. The first kappa shape index (κ1) is 28.1. The first-order chi connectivity index (χ1) is 20.8. The molecule has 3 aliphatic rings. The molecule has 3 fully saturated rings. The van der Waals surface area contributed by atoms with E-state index in [-0.39, 0.29) is 47.8 Å². The second-order valence-corrected chi connectivity index (χ2v) is 12.0. The number of phenols is 1. The number of rotatable bonds is 7. The zero-order chi connectivity index (χ0) is 29.9. The Morgan fingerprint density at radius 3 is 2.81 bits per heavy atom. The molecule has 2 aromatic heterocycles. The predicted octanol–water partition coefficient (Wildman–Crippen LogP) is 5.31. The minimum atomic E-state index is -0.923. The molecule has 43 heavy (non-hydrogen) atoms. The van der Waals surface area contributed by atoms with Crippen LogP contribution in [0.4, 0.5) is 19.0 Å². The van der Waals surface area contributed by atoms with Crippen LogP contribution in [0.25, 0.3) is 32.9 Å². The Labute approximate surface area is 247 Å². The first-order valence-corrected chi connectivity index (χ1v) is 15.0. The molecule has 226 valence electrons. The topological polar surface area (TPSA) is 94.8 Å². The Hall–Kier alpha value is -3.70. The summed E-state index contributed by atoms with van der Waals surface area (Å²) in [5.41, 5.74) is 0.0916. The summed E-state index contributed by atoms with van der Waals surface area (Å²) in [4.78, 5) is 17.7. The van der Waals surface area contributed by atoms with Gasteiger partial charge >= 0.3 is 6.01 Å². The van der Waals surface area contributed by atoms with E-state index in [0.29, 0.717) is 53.5 Å². The fraction of sp³-hybridized carbons (Fsp3) is 0.469. The number of aromatic hydroxyl groups is 1. The number of fused-ring (bicyclic) bond motifs is 3. The van der Waals surface area contributed by atoms with E-state index in [0.717, 1.165) is 32.2 Å². The molecule has 0 saturated carbocycles. The lowest BCUT2D eigenvalue weighted by molar-refractivity contribution is 0.107. The third-order valence-electron chi connectivity index (χ3n) is 9.50. The van der Waals surface area contributed by atoms with Crippen LogP contribution in [0.15, 0.2) is 30.5 Å². The van der Waals surface area contributed by atoms with Gasteiger partial charge in [-0.3, -0.25) is 9.88 Å². The monoisotopic (exact) mass is 593 g/mol. The summed E-state index contributed by atoms with van der Waals surface area (Å²) in [6.07, 6.45) is 4.63. The number of hydrogen-bond acceptors (Lipinski definition) is 8. The van der Waals surface area contributed by atoms with Crippen molar-refractivity contribution >= 4 is 27.5 Å². The highest BCUT2D eigenvalue weighted by atomic mass is 19.1. The minimum Gasteiger partial charge on any atom is -0.508 e. The van der Waals surface area contributed by atoms with Crippen LogP contribution in [0.1, 0.15) is 44.6 Å². The molecule has 0 radical (unpaired) electrons. The molecular weight excluding hydrogens is 559 g/mol. The highest BCUT2D eigenvalue weighted by molar-refractivity contribution is 6.01. The van der Waals surface area contributed by atoms with Gasteiger partial charge in [-0.25, -0.2) is 13.2 Å². The summed E-state index contributed by atoms with van der Waals surface area (Å²) >= 11 is 0. The minimum absolute atomic E-state index is 0.0323. The lowest BCUT2D eigenvalue weighted by Crippen LogP contribution is -2.43. The van der Waals surface area contributed by atoms with Gasteiger partial charge in [-0.1, -0.05) is 13.0 Å². The van der Waals surface area contributed by atoms with Gasteiger partial charge in [0.05, 0.1) is 23.6 Å². The Morgan fingerprint density at radius 2 is 2.00 bits per heavy atom. The molecule has 2 N–H and O–H groups in total. The molecule has 2 aromatic carbocycles. The number of anilines is 1. The van der Waals surface area contributed by atoms with E-state index in [9.17, 15) is 19.0 Å². The van der Waals surface area contributed by atoms with Gasteiger partial charge in [0, 0.05) is 31.3 Å². The fourth-order valence-electron chi connectivity index (χ4n) is 7.48. The van der Waals surface area contributed by atoms with Gasteiger partial charge in [-0.15, -0.1) is 0 Å². The van der Waals surface area contributed by atoms with Crippen LogP contribution >= 0.6 is 0 Å². The average Bonchev–Trinajstić information content (AvgIpc) is 3.70. The van der Waals surface area contributed by atoms with E-state index in [2.05, 4.69) is 14.9 Å². The van der Waals surface area contributed by atoms with Gasteiger partial charge in [-0.2, -0.15) is 9.97 Å². The third-order valence-corrected chi connectivity index (χ3v) is 9.50. The van der Waals surface area contributed by atoms with Crippen molar-refractivity contribution in [1.29, 1.82) is 0 Å². The fourth-order valence-corrected chi connectivity index (χ4v) is 7.48. The van der Waals surface area contributed by atoms with E-state index in [1.54, 1.807) is 6.07 Å². The van der Waals surface area contributed by atoms with Gasteiger partial charge in [0.1, 0.15) is 41.4 Å². The van der Waals surface area contributed by atoms with Gasteiger partial charge in [0.2, 0.25) is 0 Å². The number of aliphatic hydroxyl groups is 1. The highest BCUT2D eigenvalue weighted by Gasteiger charge is 2.49. The quantitative estimate of drug-likeness (QED) is 0.298. The van der Waals surface area contributed by atoms with Crippen LogP contribution in [0.5, 0.6) is 11.8 Å². The number of ether oxygens (including phenoxy) is 1. The third kappa shape index (κ3) is 4.64. The smallest absolute Gasteiger partial charge is 0.319 e. The summed E-state index contributed by atoms with van der Waals surface area (Å²) in [6.45, 7) is 3.69. The molecular formula is C32H34F3N5O3. The van der Waals surface area contributed by atoms with Crippen molar-refractivity contribution in [3.63, 3.8) is 0 Å². The number of hydrogen-bond donors (Lipinski definition) is 2. The van der Waals surface area contributed by atoms with Crippen molar-refractivity contribution in [2.24, 2.45) is 0 Å². The van der Waals surface area contributed by atoms with Crippen LogP contribution in [-0.2, 0) is 6.42 Å². The van der Waals surface area contributed by atoms with Crippen molar-refractivity contribution in [3.8, 4) is 23.0 Å². The zero-order valence-electron chi connectivity index (χ0n) is 24.0. The van der Waals surface area contributed by atoms with Crippen LogP contribution < -0.4 is 9.64 Å². The summed E-state index contributed by atoms with van der Waals surface area (Å²) in [6, 6.07) is 5.56. The van der Waals surface area contributed by atoms with Crippen LogP contribution in [-0.4, -0.2) is 80.7 Å². The Kier molecular flexibility index (Phi) is 7.04. The molecule has 11 heteroatoms. The second-order valence-electron chi connectivity index (χ2n) is 12.0. The maximum absolute atomic E-state index is 16.7. The number of nitrogens with zero attached hydrogens (tertiary/aromatic N) is 5. The Balaban J connectivity index is 1.39. The average molecular weight is 594 g/mol. The molecule has 1 unspecified atom stereocenters. The van der Waals surface area contributed by atoms with E-state index < -0.39 is 23.3 Å². The second kappa shape index (κ2) is 10.8. The van der Waals surface area contributed by atoms with Crippen LogP contribution in [0.2, 0.25) is 0 Å². The summed E-state index contributed by atoms with van der Waals surface area (Å²) < 4.78 is 52.1. The summed E-state index contributed by atoms with van der Waals surface area (Å²) in [5.74, 6) is -0.869. The molecule has 3 atom stereocenters. The zero-order valence-corrected chi connectivity index (χ0v) is 24.0. The maximum atomic E-state index is 16.7. The predicted molar refractivity (Wildman–Crippen MR) is 157 cm³/mol. The van der Waals surface area contributed by atoms with Gasteiger partial charge < -0.3 is 19.8 Å². The first-order valence-electron chi connectivity index (χ1n) is 15.0. The molecule has 0 bridgehead atoms. The Morgan fingerprint density at radius 1 is 1.14 bits per heavy atom. The number of phenolic OH excluding ortho intramolecular Hbond substituents is 1. The molecule has 0 aliphatic carbocycles. The standard InChI is InChI=1S/C32H34F3N5O3/c1-2-22-25(34)7-6-18-11-21(42)12-23(26(18)22)28-27(35)29-24(14-36-28)30(40-10-3-5-20(40)16-41)38-31(37-29)43-17-32-8-4-9-39(32)15-19(33)13-32/h6-7,11-12,14,19-20,41-42H,2-5,8-10,13,15-17H2,1H3/t19-,20?,32+/m1/s1. The van der Waals surface area contributed by atoms with Gasteiger partial charge in [0.15, 0.2) is 5.82 Å². The molecule has 3 saturated heterocycles. The normalized spacial score (nSPS) is 24.0. The van der Waals surface area contributed by atoms with Crippen LogP contribution in [0.3, 0.4) is 0 Å². The largest absolute Gasteiger partial charge is 0.508 e. The number of halogens is 3. The molecule has 4 aromatic rings. The summed E-state index contributed by atoms with van der Waals surface area (Å²) in [7, 11) is 0. The highest BCUT2D eigenvalue weighted by Crippen LogP contribution is 2.42. The number of aryl methyl sites for hydroxylation is 1. The van der Waals surface area contributed by atoms with E-state index in [4.69, 9.17) is 9.72 Å². The van der Waals surface area contributed by atoms with Crippen LogP contribution in [0, 0.1) is 11.6 Å². The number of aliphatic hydroxyl groups excluding tert-OH is 1. The van der Waals surface area contributed by atoms with E-state index >= 15 is 4.39 Å². The molecule has 3 aliphatic heterocycles. The molecule has 0 spiro atoms. The SMILES string of the molecule is CCc1c(F)ccc2cc(O)cc(-c3ncc4c(N5CCCC5CO)nc(OC[C@@]56CCCN5C[C@H](F)C6)nc4c3F)c12. The lowest BCUT2D eigenvalue weighted by Gasteiger charge is -2.31. The molecule has 5 heterocycles. The van der Waals surface area contributed by atoms with Crippen molar-refractivity contribution in [2.75, 3.05) is 37.7 Å². The van der Waals surface area contributed by atoms with Gasteiger partial charge in [-0.05, 0) is 73.2 Å². The lowest BCUT2D eigenvalue weighted by atomic mass is 9.94. The molecule has 8 nitrogen and oxygen atoms in total. The molecule has 0 amide bonds. The maximum Gasteiger partial charge on any atom is 0.319 e. The van der Waals surface area contributed by atoms with Crippen molar-refractivity contribution in [2.45, 2.75) is 63.2 Å². The van der Waals surface area contributed by atoms with Crippen molar-refractivity contribution < 1.29 is 28.1 Å². The van der Waals surface area contributed by atoms with E-state index in [1.807, 2.05) is 11.8 Å². The number of pyridine rings is 1. The van der Waals surface area contributed by atoms with Crippen molar-refractivity contribution in [3.05, 3.63) is 47.7 Å². The number of aromatic nitrogens is 3. The van der Waals surface area contributed by atoms with Crippen molar-refractivity contribution in [1.82, 2.24) is 19.9 Å². The number of benzene rings is 2.